The van der Waals surface area contributed by atoms with Gasteiger partial charge in [-0.25, -0.2) is 15.2 Å². The van der Waals surface area contributed by atoms with Gasteiger partial charge in [0.05, 0.1) is 23.6 Å². The molecule has 0 radical (unpaired) electrons. The van der Waals surface area contributed by atoms with Gasteiger partial charge in [0.2, 0.25) is 0 Å². The third-order valence-electron chi connectivity index (χ3n) is 4.88. The maximum absolute atomic E-state index is 12.2. The first-order valence-electron chi connectivity index (χ1n) is 9.69. The zero-order valence-electron chi connectivity index (χ0n) is 16.1. The van der Waals surface area contributed by atoms with Crippen LogP contribution in [0.25, 0.3) is 0 Å². The maximum Gasteiger partial charge on any atom is 0.341 e. The number of amides is 2. The van der Waals surface area contributed by atoms with Crippen molar-refractivity contribution in [2.24, 2.45) is 5.10 Å². The molecule has 0 bridgehead atoms. The molecule has 0 saturated heterocycles. The van der Waals surface area contributed by atoms with Crippen molar-refractivity contribution in [1.29, 1.82) is 0 Å². The average Bonchev–Trinajstić information content (AvgIpc) is 3.18. The largest absolute Gasteiger partial charge is 0.341 e. The maximum atomic E-state index is 12.2. The molecule has 2 aliphatic rings. The number of anilines is 3. The molecular formula is C21H20N6OS2. The minimum Gasteiger partial charge on any atom is -0.334 e. The topological polar surface area (TPSA) is 81.7 Å². The predicted molar refractivity (Wildman–Crippen MR) is 122 cm³/mol. The summed E-state index contributed by atoms with van der Waals surface area (Å²) in [7, 11) is 0. The summed E-state index contributed by atoms with van der Waals surface area (Å²) in [5, 5.41) is 10.8. The fourth-order valence-electron chi connectivity index (χ4n) is 3.51. The molecule has 0 aliphatic carbocycles. The Labute approximate surface area is 182 Å². The van der Waals surface area contributed by atoms with Crippen LogP contribution in [-0.4, -0.2) is 30.3 Å². The zero-order valence-corrected chi connectivity index (χ0v) is 17.7. The summed E-state index contributed by atoms with van der Waals surface area (Å²) in [5.74, 6) is 0. The van der Waals surface area contributed by atoms with Crippen molar-refractivity contribution in [2.45, 2.75) is 22.8 Å². The van der Waals surface area contributed by atoms with E-state index in [1.54, 1.807) is 18.0 Å². The lowest BCUT2D eigenvalue weighted by Gasteiger charge is -2.31. The summed E-state index contributed by atoms with van der Waals surface area (Å²) < 4.78 is 0. The molecule has 30 heavy (non-hydrogen) atoms. The first kappa shape index (κ1) is 19.1. The van der Waals surface area contributed by atoms with Gasteiger partial charge in [0, 0.05) is 40.4 Å². The fourth-order valence-corrected chi connectivity index (χ4v) is 5.58. The number of fused-ring (bicyclic) bond motifs is 3. The van der Waals surface area contributed by atoms with Gasteiger partial charge in [-0.3, -0.25) is 5.32 Å². The third kappa shape index (κ3) is 3.91. The van der Waals surface area contributed by atoms with E-state index in [0.717, 1.165) is 36.6 Å². The number of hydrogen-bond donors (Lipinski definition) is 3. The molecule has 3 aromatic rings. The third-order valence-corrected chi connectivity index (χ3v) is 7.02. The highest BCUT2D eigenvalue weighted by atomic mass is 32.2. The van der Waals surface area contributed by atoms with Crippen molar-refractivity contribution >= 4 is 51.9 Å². The first-order valence-corrected chi connectivity index (χ1v) is 11.3. The number of nitrogens with one attached hydrogen (secondary N) is 3. The van der Waals surface area contributed by atoms with Gasteiger partial charge in [-0.1, -0.05) is 36.0 Å². The number of benzene rings is 2. The van der Waals surface area contributed by atoms with Gasteiger partial charge in [-0.05, 0) is 24.3 Å². The van der Waals surface area contributed by atoms with E-state index >= 15 is 0 Å². The molecule has 3 N–H and O–H groups in total. The second kappa shape index (κ2) is 8.47. The van der Waals surface area contributed by atoms with Crippen LogP contribution in [0.4, 0.5) is 21.3 Å². The zero-order chi connectivity index (χ0) is 20.3. The van der Waals surface area contributed by atoms with Crippen LogP contribution in [0.2, 0.25) is 0 Å². The molecule has 9 heteroatoms. The fraction of sp³-hybridized carbons (Fsp3) is 0.190. The van der Waals surface area contributed by atoms with Crippen LogP contribution >= 0.6 is 23.1 Å². The highest BCUT2D eigenvalue weighted by Gasteiger charge is 2.22. The number of para-hydroxylation sites is 2. The molecule has 0 atom stereocenters. The van der Waals surface area contributed by atoms with Crippen LogP contribution in [-0.2, 0) is 13.0 Å². The van der Waals surface area contributed by atoms with Gasteiger partial charge in [0.25, 0.3) is 0 Å². The number of carbonyl (C=O) groups excluding carboxylic acids is 1. The summed E-state index contributed by atoms with van der Waals surface area (Å²) in [6.07, 6.45) is 2.60. The molecule has 2 amide bonds. The Kier molecular flexibility index (Phi) is 5.39. The molecule has 0 saturated carbocycles. The van der Waals surface area contributed by atoms with Crippen LogP contribution in [0, 0.1) is 0 Å². The van der Waals surface area contributed by atoms with Gasteiger partial charge in [0.1, 0.15) is 0 Å². The van der Waals surface area contributed by atoms with Crippen LogP contribution in [0.15, 0.2) is 63.4 Å². The van der Waals surface area contributed by atoms with E-state index < -0.39 is 0 Å². The van der Waals surface area contributed by atoms with E-state index in [4.69, 9.17) is 0 Å². The summed E-state index contributed by atoms with van der Waals surface area (Å²) in [6.45, 7) is 2.28. The Balaban J connectivity index is 1.23. The van der Waals surface area contributed by atoms with Crippen LogP contribution in [0.3, 0.4) is 0 Å². The van der Waals surface area contributed by atoms with Gasteiger partial charge in [-0.2, -0.15) is 5.10 Å². The molecule has 2 aromatic carbocycles. The van der Waals surface area contributed by atoms with Gasteiger partial charge in [-0.15, -0.1) is 11.3 Å². The van der Waals surface area contributed by atoms with Crippen LogP contribution in [0.1, 0.15) is 10.6 Å². The molecule has 2 aliphatic heterocycles. The molecule has 0 unspecified atom stereocenters. The molecule has 152 valence electrons. The highest BCUT2D eigenvalue weighted by Crippen LogP contribution is 2.47. The molecule has 1 aromatic heterocycles. The molecular weight excluding hydrogens is 416 g/mol. The SMILES string of the molecule is O=C(NN=CCN1c2ccccc2Sc2ccccc21)Nc1nc2c(s1)CNCC2. The number of carbonyl (C=O) groups is 1. The second-order valence-electron chi connectivity index (χ2n) is 6.84. The Morgan fingerprint density at radius 3 is 2.63 bits per heavy atom. The lowest BCUT2D eigenvalue weighted by atomic mass is 10.2. The molecule has 0 fully saturated rings. The normalized spacial score (nSPS) is 14.7. The molecule has 7 nitrogen and oxygen atoms in total. The van der Waals surface area contributed by atoms with Crippen molar-refractivity contribution in [1.82, 2.24) is 15.7 Å². The van der Waals surface area contributed by atoms with Gasteiger partial charge in [0.15, 0.2) is 5.13 Å². The number of rotatable bonds is 4. The van der Waals surface area contributed by atoms with Crippen molar-refractivity contribution in [3.8, 4) is 0 Å². The van der Waals surface area contributed by atoms with Crippen LogP contribution in [0.5, 0.6) is 0 Å². The minimum atomic E-state index is -0.389. The van der Waals surface area contributed by atoms with Crippen molar-refractivity contribution in [3.63, 3.8) is 0 Å². The lowest BCUT2D eigenvalue weighted by molar-refractivity contribution is 0.252. The van der Waals surface area contributed by atoms with E-state index in [1.165, 1.54) is 26.0 Å². The highest BCUT2D eigenvalue weighted by molar-refractivity contribution is 7.99. The minimum absolute atomic E-state index is 0.389. The van der Waals surface area contributed by atoms with E-state index in [2.05, 4.69) is 55.3 Å². The van der Waals surface area contributed by atoms with Gasteiger partial charge < -0.3 is 10.2 Å². The number of thiazole rings is 1. The standard InChI is InChI=1S/C21H20N6OS2/c28-20(25-21-24-14-9-10-22-13-19(14)30-21)26-23-11-12-27-15-5-1-3-7-17(15)29-18-8-4-2-6-16(18)27/h1-8,11,22H,9-10,12-13H2,(H2,24,25,26,28). The van der Waals surface area contributed by atoms with E-state index in [-0.39, 0.29) is 6.03 Å². The van der Waals surface area contributed by atoms with E-state index in [0.29, 0.717) is 11.7 Å². The number of aromatic nitrogens is 1. The Bertz CT molecular complexity index is 1040. The average molecular weight is 437 g/mol. The van der Waals surface area contributed by atoms with E-state index in [9.17, 15) is 4.79 Å². The quantitative estimate of drug-likeness (QED) is 0.422. The summed E-state index contributed by atoms with van der Waals surface area (Å²) in [4.78, 5) is 22.5. The van der Waals surface area contributed by atoms with Crippen molar-refractivity contribution in [2.75, 3.05) is 23.3 Å². The number of hydrogen-bond acceptors (Lipinski definition) is 7. The second-order valence-corrected chi connectivity index (χ2v) is 9.01. The summed E-state index contributed by atoms with van der Waals surface area (Å²) >= 11 is 3.27. The monoisotopic (exact) mass is 436 g/mol. The van der Waals surface area contributed by atoms with Crippen molar-refractivity contribution < 1.29 is 4.79 Å². The Morgan fingerprint density at radius 2 is 1.90 bits per heavy atom. The lowest BCUT2D eigenvalue weighted by Crippen LogP contribution is -2.26. The summed E-state index contributed by atoms with van der Waals surface area (Å²) in [5.41, 5.74) is 5.88. The Hall–Kier alpha value is -2.88. The summed E-state index contributed by atoms with van der Waals surface area (Å²) in [6, 6.07) is 16.2. The molecule has 3 heterocycles. The Morgan fingerprint density at radius 1 is 1.17 bits per heavy atom. The number of nitrogens with zero attached hydrogens (tertiary/aromatic N) is 3. The smallest absolute Gasteiger partial charge is 0.334 e. The number of hydrazone groups is 1. The molecule has 5 rings (SSSR count). The van der Waals surface area contributed by atoms with E-state index in [1.807, 2.05) is 24.3 Å². The number of urea groups is 1. The van der Waals surface area contributed by atoms with Gasteiger partial charge >= 0.3 is 6.03 Å². The predicted octanol–water partition coefficient (Wildman–Crippen LogP) is 4.20. The molecule has 0 spiro atoms. The first-order chi connectivity index (χ1) is 14.8. The van der Waals surface area contributed by atoms with Crippen LogP contribution < -0.4 is 21.0 Å². The van der Waals surface area contributed by atoms with Crippen molar-refractivity contribution in [3.05, 3.63) is 59.1 Å².